The maximum absolute atomic E-state index is 6.80. The molecule has 0 spiro atoms. The molecule has 0 saturated heterocycles. The molecule has 0 amide bonds. The summed E-state index contributed by atoms with van der Waals surface area (Å²) in [4.78, 5) is 0. The van der Waals surface area contributed by atoms with Gasteiger partial charge in [0.2, 0.25) is 0 Å². The lowest BCUT2D eigenvalue weighted by molar-refractivity contribution is 0.182. The van der Waals surface area contributed by atoms with Gasteiger partial charge < -0.3 is 9.16 Å². The minimum Gasteiger partial charge on any atom is -0.407 e. The van der Waals surface area contributed by atoms with Gasteiger partial charge in [0.1, 0.15) is 0 Å². The first-order valence-electron chi connectivity index (χ1n) is 8.76. The molecular weight excluding hydrogens is 312 g/mol. The van der Waals surface area contributed by atoms with Crippen molar-refractivity contribution in [3.05, 3.63) is 60.7 Å². The van der Waals surface area contributed by atoms with Gasteiger partial charge in [-0.15, -0.1) is 0 Å². The second kappa shape index (κ2) is 8.61. The summed E-state index contributed by atoms with van der Waals surface area (Å²) in [6.07, 6.45) is 2.06. The van der Waals surface area contributed by atoms with E-state index in [1.54, 1.807) is 7.11 Å². The van der Waals surface area contributed by atoms with Crippen LogP contribution in [0.25, 0.3) is 0 Å². The average molecular weight is 343 g/mol. The Balaban J connectivity index is 2.42. The van der Waals surface area contributed by atoms with E-state index in [1.165, 1.54) is 10.4 Å². The minimum atomic E-state index is -2.35. The Morgan fingerprint density at radius 2 is 1.21 bits per heavy atom. The third-order valence-corrected chi connectivity index (χ3v) is 9.52. The van der Waals surface area contributed by atoms with Crippen LogP contribution >= 0.6 is 0 Å². The lowest BCUT2D eigenvalue weighted by Crippen LogP contribution is -2.66. The molecule has 0 unspecified atom stereocenters. The molecule has 0 aliphatic rings. The van der Waals surface area contributed by atoms with E-state index in [0.717, 1.165) is 26.1 Å². The molecule has 0 radical (unpaired) electrons. The van der Waals surface area contributed by atoms with E-state index in [-0.39, 0.29) is 5.04 Å². The SMILES string of the molecule is COCCCCO[Si](c1ccccc1)(c1ccccc1)C(C)(C)C. The van der Waals surface area contributed by atoms with Crippen molar-refractivity contribution in [1.29, 1.82) is 0 Å². The molecule has 0 aliphatic carbocycles. The molecule has 0 N–H and O–H groups in total. The van der Waals surface area contributed by atoms with E-state index in [4.69, 9.17) is 9.16 Å². The van der Waals surface area contributed by atoms with Crippen LogP contribution in [0.4, 0.5) is 0 Å². The normalized spacial score (nSPS) is 12.3. The van der Waals surface area contributed by atoms with Crippen LogP contribution in [-0.2, 0) is 9.16 Å². The lowest BCUT2D eigenvalue weighted by atomic mass is 10.2. The van der Waals surface area contributed by atoms with Crippen molar-refractivity contribution >= 4 is 18.7 Å². The first-order chi connectivity index (χ1) is 11.5. The molecule has 2 aromatic rings. The van der Waals surface area contributed by atoms with Gasteiger partial charge in [-0.25, -0.2) is 0 Å². The van der Waals surface area contributed by atoms with Crippen molar-refractivity contribution < 1.29 is 9.16 Å². The first kappa shape index (κ1) is 18.9. The Morgan fingerprint density at radius 3 is 1.62 bits per heavy atom. The van der Waals surface area contributed by atoms with Crippen LogP contribution in [0.15, 0.2) is 60.7 Å². The molecule has 0 aliphatic heterocycles. The van der Waals surface area contributed by atoms with Crippen molar-refractivity contribution in [1.82, 2.24) is 0 Å². The molecule has 0 aromatic heterocycles. The molecular formula is C21H30O2Si. The maximum atomic E-state index is 6.80. The molecule has 130 valence electrons. The smallest absolute Gasteiger partial charge is 0.261 e. The topological polar surface area (TPSA) is 18.5 Å². The zero-order valence-corrected chi connectivity index (χ0v) is 16.4. The Kier molecular flexibility index (Phi) is 6.78. The van der Waals surface area contributed by atoms with Gasteiger partial charge in [0.05, 0.1) is 0 Å². The fourth-order valence-electron chi connectivity index (χ4n) is 3.34. The van der Waals surface area contributed by atoms with E-state index >= 15 is 0 Å². The fourth-order valence-corrected chi connectivity index (χ4v) is 7.94. The Morgan fingerprint density at radius 1 is 0.750 bits per heavy atom. The molecule has 2 rings (SSSR count). The predicted molar refractivity (Wildman–Crippen MR) is 105 cm³/mol. The molecule has 2 nitrogen and oxygen atoms in total. The fraction of sp³-hybridized carbons (Fsp3) is 0.429. The third-order valence-electron chi connectivity index (χ3n) is 4.48. The van der Waals surface area contributed by atoms with E-state index < -0.39 is 8.32 Å². The number of methoxy groups -OCH3 is 1. The number of ether oxygens (including phenoxy) is 1. The van der Waals surface area contributed by atoms with Crippen molar-refractivity contribution in [3.8, 4) is 0 Å². The predicted octanol–water partition coefficient (Wildman–Crippen LogP) is 3.99. The number of hydrogen-bond donors (Lipinski definition) is 0. The van der Waals surface area contributed by atoms with Crippen molar-refractivity contribution in [2.45, 2.75) is 38.7 Å². The van der Waals surface area contributed by atoms with Crippen molar-refractivity contribution in [3.63, 3.8) is 0 Å². The van der Waals surface area contributed by atoms with Gasteiger partial charge in [-0.1, -0.05) is 81.4 Å². The molecule has 0 saturated carbocycles. The van der Waals surface area contributed by atoms with Crippen LogP contribution in [0.3, 0.4) is 0 Å². The van der Waals surface area contributed by atoms with Crippen molar-refractivity contribution in [2.75, 3.05) is 20.3 Å². The second-order valence-electron chi connectivity index (χ2n) is 7.21. The monoisotopic (exact) mass is 342 g/mol. The van der Waals surface area contributed by atoms with Crippen LogP contribution in [0.5, 0.6) is 0 Å². The molecule has 24 heavy (non-hydrogen) atoms. The molecule has 3 heteroatoms. The molecule has 0 bridgehead atoms. The largest absolute Gasteiger partial charge is 0.407 e. The number of rotatable bonds is 8. The van der Waals surface area contributed by atoms with Crippen molar-refractivity contribution in [2.24, 2.45) is 0 Å². The van der Waals surface area contributed by atoms with Gasteiger partial charge in [0, 0.05) is 20.3 Å². The van der Waals surface area contributed by atoms with Gasteiger partial charge >= 0.3 is 0 Å². The highest BCUT2D eigenvalue weighted by molar-refractivity contribution is 6.99. The van der Waals surface area contributed by atoms with E-state index in [1.807, 2.05) is 0 Å². The zero-order chi connectivity index (χ0) is 17.5. The van der Waals surface area contributed by atoms with Gasteiger partial charge in [-0.3, -0.25) is 0 Å². The van der Waals surface area contributed by atoms with Crippen LogP contribution in [-0.4, -0.2) is 28.6 Å². The highest BCUT2D eigenvalue weighted by Gasteiger charge is 2.49. The Hall–Kier alpha value is -1.42. The van der Waals surface area contributed by atoms with Gasteiger partial charge in [0.25, 0.3) is 8.32 Å². The quantitative estimate of drug-likeness (QED) is 0.533. The highest BCUT2D eigenvalue weighted by atomic mass is 28.4. The number of unbranched alkanes of at least 4 members (excludes halogenated alkanes) is 1. The lowest BCUT2D eigenvalue weighted by Gasteiger charge is -2.43. The summed E-state index contributed by atoms with van der Waals surface area (Å²) in [7, 11) is -0.597. The van der Waals surface area contributed by atoms with Gasteiger partial charge in [0.15, 0.2) is 0 Å². The van der Waals surface area contributed by atoms with Gasteiger partial charge in [-0.05, 0) is 28.3 Å². The summed E-state index contributed by atoms with van der Waals surface area (Å²) in [5.41, 5.74) is 0. The summed E-state index contributed by atoms with van der Waals surface area (Å²) >= 11 is 0. The van der Waals surface area contributed by atoms with Crippen LogP contribution in [0, 0.1) is 0 Å². The van der Waals surface area contributed by atoms with E-state index in [2.05, 4.69) is 81.4 Å². The van der Waals surface area contributed by atoms with E-state index in [9.17, 15) is 0 Å². The number of benzene rings is 2. The summed E-state index contributed by atoms with van der Waals surface area (Å²) in [5.74, 6) is 0. The second-order valence-corrected chi connectivity index (χ2v) is 11.5. The Bertz CT molecular complexity index is 551. The summed E-state index contributed by atoms with van der Waals surface area (Å²) in [6.45, 7) is 8.51. The molecule has 2 aromatic carbocycles. The van der Waals surface area contributed by atoms with Crippen LogP contribution < -0.4 is 10.4 Å². The minimum absolute atomic E-state index is 0.0525. The van der Waals surface area contributed by atoms with Crippen LogP contribution in [0.2, 0.25) is 5.04 Å². The Labute approximate surface area is 148 Å². The average Bonchev–Trinajstić information content (AvgIpc) is 2.59. The number of hydrogen-bond acceptors (Lipinski definition) is 2. The first-order valence-corrected chi connectivity index (χ1v) is 10.7. The van der Waals surface area contributed by atoms with Crippen LogP contribution in [0.1, 0.15) is 33.6 Å². The summed E-state index contributed by atoms with van der Waals surface area (Å²) in [5, 5.41) is 2.74. The molecule has 0 fully saturated rings. The zero-order valence-electron chi connectivity index (χ0n) is 15.4. The maximum Gasteiger partial charge on any atom is 0.261 e. The van der Waals surface area contributed by atoms with Gasteiger partial charge in [-0.2, -0.15) is 0 Å². The highest BCUT2D eigenvalue weighted by Crippen LogP contribution is 2.36. The summed E-state index contributed by atoms with van der Waals surface area (Å²) in [6, 6.07) is 21.6. The third kappa shape index (κ3) is 4.15. The molecule has 0 heterocycles. The molecule has 0 atom stereocenters. The standard InChI is InChI=1S/C21H30O2Si/c1-21(2,3)24(19-13-7-5-8-14-19,20-15-9-6-10-16-20)23-18-12-11-17-22-4/h5-10,13-16H,11-12,17-18H2,1-4H3. The summed E-state index contributed by atoms with van der Waals surface area (Å²) < 4.78 is 12.0. The van der Waals surface area contributed by atoms with E-state index in [0.29, 0.717) is 0 Å².